The molecule has 0 unspecified atom stereocenters. The van der Waals surface area contributed by atoms with E-state index in [1.54, 1.807) is 94.7 Å². The summed E-state index contributed by atoms with van der Waals surface area (Å²) in [6.45, 7) is 5.99. The number of aryl methyl sites for hydroxylation is 2. The van der Waals surface area contributed by atoms with Crippen LogP contribution in [-0.4, -0.2) is 70.3 Å². The molecule has 248 valence electrons. The second-order valence-electron chi connectivity index (χ2n) is 11.5. The number of carboxylic acids is 1. The molecule has 3 amide bonds. The molecule has 3 aromatic rings. The molecule has 1 aromatic heterocycles. The van der Waals surface area contributed by atoms with E-state index >= 15 is 0 Å². The Morgan fingerprint density at radius 1 is 0.766 bits per heavy atom. The van der Waals surface area contributed by atoms with Gasteiger partial charge in [-0.1, -0.05) is 62.4 Å². The summed E-state index contributed by atoms with van der Waals surface area (Å²) in [7, 11) is 0. The number of hydrogen-bond donors (Lipinski definition) is 4. The fourth-order valence-electron chi connectivity index (χ4n) is 4.91. The van der Waals surface area contributed by atoms with Crippen LogP contribution in [0.3, 0.4) is 0 Å². The third-order valence-electron chi connectivity index (χ3n) is 7.41. The smallest absolute Gasteiger partial charge is 0.339 e. The van der Waals surface area contributed by atoms with Gasteiger partial charge in [0.25, 0.3) is 0 Å². The Hall–Kier alpha value is -5.39. The molecule has 12 heteroatoms. The molecule has 47 heavy (non-hydrogen) atoms. The van der Waals surface area contributed by atoms with Crippen molar-refractivity contribution in [2.24, 2.45) is 5.92 Å². The second kappa shape index (κ2) is 17.3. The zero-order chi connectivity index (χ0) is 34.5. The Balaban J connectivity index is 1.72. The predicted octanol–water partition coefficient (Wildman–Crippen LogP) is 2.49. The van der Waals surface area contributed by atoms with Crippen molar-refractivity contribution < 1.29 is 38.6 Å². The molecular weight excluding hydrogens is 604 g/mol. The molecule has 4 N–H and O–H groups in total. The van der Waals surface area contributed by atoms with Gasteiger partial charge in [-0.2, -0.15) is 0 Å². The number of Topliss-reactive ketones (excluding diaryl/α,β-unsaturated/α-hetero) is 1. The van der Waals surface area contributed by atoms with Crippen molar-refractivity contribution >= 4 is 35.4 Å². The number of pyridine rings is 1. The van der Waals surface area contributed by atoms with Crippen molar-refractivity contribution in [3.63, 3.8) is 0 Å². The number of hydrogen-bond acceptors (Lipinski definition) is 8. The molecule has 0 aliphatic carbocycles. The molecular formula is C35H40N4O8. The lowest BCUT2D eigenvalue weighted by atomic mass is 10.00. The van der Waals surface area contributed by atoms with Gasteiger partial charge in [-0.05, 0) is 54.2 Å². The number of benzene rings is 2. The lowest BCUT2D eigenvalue weighted by molar-refractivity contribution is -0.141. The molecule has 0 aliphatic heterocycles. The SMILES string of the molecule is Cc1cccc(C)c1C(=O)OCC(=O)[C@H](CC(=O)O)NC(=O)[C@@H](NC(=O)[C@H](Cc1ccncc1)NC(=O)Cc1ccccc1)C(C)C. The first kappa shape index (κ1) is 36.1. The normalized spacial score (nSPS) is 12.7. The van der Waals surface area contributed by atoms with Crippen molar-refractivity contribution in [3.8, 4) is 0 Å². The zero-order valence-electron chi connectivity index (χ0n) is 26.8. The molecule has 0 aliphatic rings. The zero-order valence-corrected chi connectivity index (χ0v) is 26.8. The van der Waals surface area contributed by atoms with E-state index in [0.29, 0.717) is 22.3 Å². The number of carbonyl (C=O) groups excluding carboxylic acids is 5. The Kier molecular flexibility index (Phi) is 13.3. The minimum Gasteiger partial charge on any atom is -0.481 e. The van der Waals surface area contributed by atoms with Crippen LogP contribution >= 0.6 is 0 Å². The van der Waals surface area contributed by atoms with Crippen LogP contribution in [0.1, 0.15) is 52.9 Å². The van der Waals surface area contributed by atoms with Crippen LogP contribution in [0.25, 0.3) is 0 Å². The number of ether oxygens (including phenoxy) is 1. The first-order chi connectivity index (χ1) is 22.3. The van der Waals surface area contributed by atoms with Crippen LogP contribution < -0.4 is 16.0 Å². The Bertz CT molecular complexity index is 1560. The lowest BCUT2D eigenvalue weighted by Gasteiger charge is -2.27. The van der Waals surface area contributed by atoms with Gasteiger partial charge in [0.15, 0.2) is 12.4 Å². The van der Waals surface area contributed by atoms with E-state index in [4.69, 9.17) is 4.74 Å². The number of amides is 3. The minimum absolute atomic E-state index is 0.0298. The van der Waals surface area contributed by atoms with Crippen molar-refractivity contribution in [3.05, 3.63) is 101 Å². The first-order valence-electron chi connectivity index (χ1n) is 15.2. The Morgan fingerprint density at radius 3 is 2.00 bits per heavy atom. The number of nitrogens with zero attached hydrogens (tertiary/aromatic N) is 1. The number of rotatable bonds is 16. The highest BCUT2D eigenvalue weighted by atomic mass is 16.5. The van der Waals surface area contributed by atoms with Crippen LogP contribution in [0.4, 0.5) is 0 Å². The third kappa shape index (κ3) is 11.2. The fourth-order valence-corrected chi connectivity index (χ4v) is 4.91. The standard InChI is InChI=1S/C35H40N4O8/c1-21(2)32(34(45)38-26(19-30(42)43)28(40)20-47-35(46)31-22(3)9-8-10-23(31)4)39-33(44)27(17-25-13-15-36-16-14-25)37-29(41)18-24-11-6-5-7-12-24/h5-16,21,26-27,32H,17-20H2,1-4H3,(H,37,41)(H,38,45)(H,39,44)(H,42,43)/t26-,27-,32-/m0/s1. The molecule has 3 atom stereocenters. The molecule has 0 bridgehead atoms. The van der Waals surface area contributed by atoms with Gasteiger partial charge in [0.1, 0.15) is 18.1 Å². The average Bonchev–Trinajstić information content (AvgIpc) is 3.02. The topological polar surface area (TPSA) is 181 Å². The van der Waals surface area contributed by atoms with Crippen molar-refractivity contribution in [1.29, 1.82) is 0 Å². The summed E-state index contributed by atoms with van der Waals surface area (Å²) in [4.78, 5) is 81.2. The highest BCUT2D eigenvalue weighted by molar-refractivity contribution is 5.98. The second-order valence-corrected chi connectivity index (χ2v) is 11.5. The number of carbonyl (C=O) groups is 6. The summed E-state index contributed by atoms with van der Waals surface area (Å²) in [6, 6.07) is 13.8. The lowest BCUT2D eigenvalue weighted by Crippen LogP contribution is -2.58. The predicted molar refractivity (Wildman–Crippen MR) is 172 cm³/mol. The molecule has 3 rings (SSSR count). The number of nitrogens with one attached hydrogen (secondary N) is 3. The Labute approximate surface area is 273 Å². The van der Waals surface area contributed by atoms with Gasteiger partial charge in [-0.3, -0.25) is 29.0 Å². The van der Waals surface area contributed by atoms with E-state index in [1.165, 1.54) is 0 Å². The molecule has 12 nitrogen and oxygen atoms in total. The minimum atomic E-state index is -1.54. The van der Waals surface area contributed by atoms with Crippen LogP contribution in [0.15, 0.2) is 73.1 Å². The summed E-state index contributed by atoms with van der Waals surface area (Å²) in [5, 5.41) is 17.3. The van der Waals surface area contributed by atoms with Crippen LogP contribution in [0.5, 0.6) is 0 Å². The number of aliphatic carboxylic acids is 1. The van der Waals surface area contributed by atoms with Gasteiger partial charge in [0.05, 0.1) is 18.4 Å². The summed E-state index contributed by atoms with van der Waals surface area (Å²) in [6.07, 6.45) is 2.47. The van der Waals surface area contributed by atoms with Gasteiger partial charge in [-0.25, -0.2) is 4.79 Å². The van der Waals surface area contributed by atoms with Gasteiger partial charge in [-0.15, -0.1) is 0 Å². The monoisotopic (exact) mass is 644 g/mol. The van der Waals surface area contributed by atoms with Gasteiger partial charge < -0.3 is 25.8 Å². The molecule has 2 aromatic carbocycles. The van der Waals surface area contributed by atoms with Crippen LogP contribution in [-0.2, 0) is 41.6 Å². The van der Waals surface area contributed by atoms with E-state index < -0.39 is 72.5 Å². The molecule has 0 saturated carbocycles. The number of carboxylic acid groups (broad SMARTS) is 1. The maximum absolute atomic E-state index is 13.6. The third-order valence-corrected chi connectivity index (χ3v) is 7.41. The maximum atomic E-state index is 13.6. The van der Waals surface area contributed by atoms with E-state index in [0.717, 1.165) is 5.56 Å². The van der Waals surface area contributed by atoms with Gasteiger partial charge in [0.2, 0.25) is 17.7 Å². The summed E-state index contributed by atoms with van der Waals surface area (Å²) >= 11 is 0. The Morgan fingerprint density at radius 2 is 1.40 bits per heavy atom. The van der Waals surface area contributed by atoms with Crippen molar-refractivity contribution in [2.45, 2.75) is 65.1 Å². The van der Waals surface area contributed by atoms with E-state index in [1.807, 2.05) is 6.07 Å². The number of ketones is 1. The summed E-state index contributed by atoms with van der Waals surface area (Å²) < 4.78 is 5.19. The summed E-state index contributed by atoms with van der Waals surface area (Å²) in [5.74, 6) is -5.32. The van der Waals surface area contributed by atoms with Crippen LogP contribution in [0.2, 0.25) is 0 Å². The van der Waals surface area contributed by atoms with E-state index in [-0.39, 0.29) is 12.8 Å². The van der Waals surface area contributed by atoms with E-state index in [9.17, 15) is 33.9 Å². The molecule has 0 radical (unpaired) electrons. The molecule has 0 saturated heterocycles. The van der Waals surface area contributed by atoms with Gasteiger partial charge >= 0.3 is 11.9 Å². The molecule has 0 fully saturated rings. The maximum Gasteiger partial charge on any atom is 0.339 e. The van der Waals surface area contributed by atoms with E-state index in [2.05, 4.69) is 20.9 Å². The van der Waals surface area contributed by atoms with Crippen molar-refractivity contribution in [2.75, 3.05) is 6.61 Å². The first-order valence-corrected chi connectivity index (χ1v) is 15.2. The van der Waals surface area contributed by atoms with Gasteiger partial charge in [0, 0.05) is 18.8 Å². The fraction of sp³-hybridized carbons (Fsp3) is 0.343. The molecule has 1 heterocycles. The average molecular weight is 645 g/mol. The summed E-state index contributed by atoms with van der Waals surface area (Å²) in [5.41, 5.74) is 3.05. The number of esters is 1. The quantitative estimate of drug-likeness (QED) is 0.170. The van der Waals surface area contributed by atoms with Crippen LogP contribution in [0, 0.1) is 19.8 Å². The number of aromatic nitrogens is 1. The van der Waals surface area contributed by atoms with Crippen molar-refractivity contribution in [1.82, 2.24) is 20.9 Å². The largest absolute Gasteiger partial charge is 0.481 e. The molecule has 0 spiro atoms. The highest BCUT2D eigenvalue weighted by Crippen LogP contribution is 2.15. The highest BCUT2D eigenvalue weighted by Gasteiger charge is 2.33.